The van der Waals surface area contributed by atoms with E-state index in [1.165, 1.54) is 0 Å². The van der Waals surface area contributed by atoms with Crippen molar-refractivity contribution in [3.8, 4) is 0 Å². The molecule has 1 aliphatic heterocycles. The van der Waals surface area contributed by atoms with Crippen molar-refractivity contribution in [2.75, 3.05) is 6.54 Å². The minimum atomic E-state index is -0.869. The Kier molecular flexibility index (Phi) is 3.79. The summed E-state index contributed by atoms with van der Waals surface area (Å²) in [5.74, 6) is -1.04. The highest BCUT2D eigenvalue weighted by Crippen LogP contribution is 2.23. The van der Waals surface area contributed by atoms with Crippen molar-refractivity contribution in [3.63, 3.8) is 0 Å². The van der Waals surface area contributed by atoms with E-state index >= 15 is 0 Å². The van der Waals surface area contributed by atoms with E-state index in [1.807, 2.05) is 31.2 Å². The molecule has 1 aliphatic rings. The van der Waals surface area contributed by atoms with E-state index in [0.29, 0.717) is 12.2 Å². The van der Waals surface area contributed by atoms with E-state index in [-0.39, 0.29) is 18.4 Å². The van der Waals surface area contributed by atoms with Crippen LogP contribution in [0.3, 0.4) is 0 Å². The highest BCUT2D eigenvalue weighted by Gasteiger charge is 2.31. The fourth-order valence-electron chi connectivity index (χ4n) is 3.03. The molecule has 1 fully saturated rings. The summed E-state index contributed by atoms with van der Waals surface area (Å²) in [6.07, 6.45) is 1.58. The van der Waals surface area contributed by atoms with Gasteiger partial charge in [-0.3, -0.25) is 9.59 Å². The van der Waals surface area contributed by atoms with Crippen LogP contribution in [0.4, 0.5) is 0 Å². The number of benzene rings is 1. The van der Waals surface area contributed by atoms with Crippen molar-refractivity contribution < 1.29 is 14.7 Å². The maximum atomic E-state index is 12.6. The molecule has 2 heterocycles. The Balaban J connectivity index is 1.88. The summed E-state index contributed by atoms with van der Waals surface area (Å²) in [6, 6.07) is 9.29. The lowest BCUT2D eigenvalue weighted by Gasteiger charge is -2.23. The van der Waals surface area contributed by atoms with Crippen molar-refractivity contribution in [1.82, 2.24) is 9.88 Å². The number of rotatable bonds is 3. The second-order valence-electron chi connectivity index (χ2n) is 5.79. The van der Waals surface area contributed by atoms with E-state index in [0.717, 1.165) is 29.3 Å². The van der Waals surface area contributed by atoms with Gasteiger partial charge in [0.05, 0.1) is 11.9 Å². The summed E-state index contributed by atoms with van der Waals surface area (Å²) in [5.41, 5.74) is 2.31. The summed E-state index contributed by atoms with van der Waals surface area (Å²) in [6.45, 7) is 2.61. The normalized spacial score (nSPS) is 17.9. The number of carboxylic acids is 1. The number of pyridine rings is 1. The molecule has 1 atom stereocenters. The Bertz CT molecular complexity index is 742. The number of hydrogen-bond donors (Lipinski definition) is 1. The molecule has 5 nitrogen and oxygen atoms in total. The van der Waals surface area contributed by atoms with Crippen LogP contribution in [0, 0.1) is 6.92 Å². The average Bonchev–Trinajstić information content (AvgIpc) is 2.93. The zero-order chi connectivity index (χ0) is 15.7. The molecule has 1 N–H and O–H groups in total. The van der Waals surface area contributed by atoms with Gasteiger partial charge >= 0.3 is 5.97 Å². The topological polar surface area (TPSA) is 70.5 Å². The molecular formula is C17H18N2O3. The predicted molar refractivity (Wildman–Crippen MR) is 82.8 cm³/mol. The highest BCUT2D eigenvalue weighted by molar-refractivity contribution is 5.95. The number of carbonyl (C=O) groups is 2. The maximum absolute atomic E-state index is 12.6. The number of nitrogens with zero attached hydrogens (tertiary/aromatic N) is 2. The fraction of sp³-hybridized carbons (Fsp3) is 0.353. The number of likely N-dealkylation sites (tertiary alicyclic amines) is 1. The summed E-state index contributed by atoms with van der Waals surface area (Å²) >= 11 is 0. The van der Waals surface area contributed by atoms with Crippen LogP contribution in [0.2, 0.25) is 0 Å². The molecule has 22 heavy (non-hydrogen) atoms. The first kappa shape index (κ1) is 14.5. The fourth-order valence-corrected chi connectivity index (χ4v) is 3.03. The molecule has 1 amide bonds. The Morgan fingerprint density at radius 1 is 1.32 bits per heavy atom. The van der Waals surface area contributed by atoms with E-state index in [2.05, 4.69) is 4.98 Å². The number of aliphatic carboxylic acids is 1. The highest BCUT2D eigenvalue weighted by atomic mass is 16.4. The minimum Gasteiger partial charge on any atom is -0.481 e. The molecule has 5 heteroatoms. The minimum absolute atomic E-state index is 0.00147. The molecule has 114 valence electrons. The van der Waals surface area contributed by atoms with Gasteiger partial charge in [0.2, 0.25) is 0 Å². The van der Waals surface area contributed by atoms with Crippen LogP contribution < -0.4 is 0 Å². The van der Waals surface area contributed by atoms with Crippen LogP contribution in [-0.2, 0) is 4.79 Å². The molecule has 0 aliphatic carbocycles. The first-order valence-electron chi connectivity index (χ1n) is 7.45. The van der Waals surface area contributed by atoms with Crippen LogP contribution in [0.5, 0.6) is 0 Å². The predicted octanol–water partition coefficient (Wildman–Crippen LogP) is 2.62. The summed E-state index contributed by atoms with van der Waals surface area (Å²) < 4.78 is 0. The van der Waals surface area contributed by atoms with E-state index in [4.69, 9.17) is 5.11 Å². The van der Waals surface area contributed by atoms with Crippen molar-refractivity contribution in [1.29, 1.82) is 0 Å². The van der Waals surface area contributed by atoms with Gasteiger partial charge in [0.25, 0.3) is 5.91 Å². The molecule has 3 rings (SSSR count). The first-order valence-corrected chi connectivity index (χ1v) is 7.45. The second kappa shape index (κ2) is 5.75. The average molecular weight is 298 g/mol. The van der Waals surface area contributed by atoms with Crippen LogP contribution >= 0.6 is 0 Å². The summed E-state index contributed by atoms with van der Waals surface area (Å²) in [4.78, 5) is 29.6. The van der Waals surface area contributed by atoms with Gasteiger partial charge in [0.15, 0.2) is 0 Å². The number of carboxylic acid groups (broad SMARTS) is 1. The van der Waals surface area contributed by atoms with E-state index in [1.54, 1.807) is 11.0 Å². The largest absolute Gasteiger partial charge is 0.481 e. The molecule has 2 aromatic rings. The number of hydrogen-bond acceptors (Lipinski definition) is 3. The molecule has 0 spiro atoms. The van der Waals surface area contributed by atoms with Gasteiger partial charge in [-0.1, -0.05) is 17.7 Å². The molecule has 1 aromatic carbocycles. The van der Waals surface area contributed by atoms with Gasteiger partial charge in [-0.05, 0) is 38.0 Å². The molecular weight excluding hydrogens is 280 g/mol. The van der Waals surface area contributed by atoms with E-state index in [9.17, 15) is 9.59 Å². The van der Waals surface area contributed by atoms with Crippen molar-refractivity contribution in [2.24, 2.45) is 0 Å². The molecule has 0 saturated carbocycles. The summed E-state index contributed by atoms with van der Waals surface area (Å²) in [5, 5.41) is 9.96. The van der Waals surface area contributed by atoms with Gasteiger partial charge < -0.3 is 10.0 Å². The molecule has 1 saturated heterocycles. The van der Waals surface area contributed by atoms with Gasteiger partial charge in [-0.25, -0.2) is 4.98 Å². The number of fused-ring (bicyclic) bond motifs is 1. The van der Waals surface area contributed by atoms with Gasteiger partial charge in [0.1, 0.15) is 5.69 Å². The zero-order valence-corrected chi connectivity index (χ0v) is 12.5. The number of carbonyl (C=O) groups excluding carboxylic acids is 1. The van der Waals surface area contributed by atoms with Crippen LogP contribution in [0.1, 0.15) is 35.3 Å². The molecule has 0 bridgehead atoms. The Hall–Kier alpha value is -2.43. The van der Waals surface area contributed by atoms with Crippen LogP contribution in [0.25, 0.3) is 10.9 Å². The number of aromatic nitrogens is 1. The van der Waals surface area contributed by atoms with Crippen LogP contribution in [0.15, 0.2) is 30.3 Å². The third-order valence-electron chi connectivity index (χ3n) is 4.11. The molecule has 0 radical (unpaired) electrons. The van der Waals surface area contributed by atoms with Gasteiger partial charge in [0, 0.05) is 18.0 Å². The number of aryl methyl sites for hydroxylation is 1. The van der Waals surface area contributed by atoms with Crippen molar-refractivity contribution in [3.05, 3.63) is 41.6 Å². The third kappa shape index (κ3) is 2.79. The van der Waals surface area contributed by atoms with E-state index < -0.39 is 5.97 Å². The van der Waals surface area contributed by atoms with Gasteiger partial charge in [-0.2, -0.15) is 0 Å². The Morgan fingerprint density at radius 2 is 2.14 bits per heavy atom. The van der Waals surface area contributed by atoms with Crippen LogP contribution in [-0.4, -0.2) is 39.5 Å². The zero-order valence-electron chi connectivity index (χ0n) is 12.5. The lowest BCUT2D eigenvalue weighted by molar-refractivity contribution is -0.137. The SMILES string of the molecule is Cc1ccc2nc(C(=O)N3CCCC3CC(=O)O)ccc2c1. The second-order valence-corrected chi connectivity index (χ2v) is 5.79. The smallest absolute Gasteiger partial charge is 0.305 e. The Labute approximate surface area is 128 Å². The standard InChI is InChI=1S/C17H18N2O3/c1-11-4-6-14-12(9-11)5-7-15(18-14)17(22)19-8-2-3-13(19)10-16(20)21/h4-7,9,13H,2-3,8,10H2,1H3,(H,20,21). The lowest BCUT2D eigenvalue weighted by Crippen LogP contribution is -2.37. The quantitative estimate of drug-likeness (QED) is 0.945. The van der Waals surface area contributed by atoms with Crippen molar-refractivity contribution in [2.45, 2.75) is 32.2 Å². The van der Waals surface area contributed by atoms with Crippen molar-refractivity contribution >= 4 is 22.8 Å². The molecule has 1 aromatic heterocycles. The summed E-state index contributed by atoms with van der Waals surface area (Å²) in [7, 11) is 0. The maximum Gasteiger partial charge on any atom is 0.305 e. The lowest BCUT2D eigenvalue weighted by atomic mass is 10.1. The van der Waals surface area contributed by atoms with Gasteiger partial charge in [-0.15, -0.1) is 0 Å². The monoisotopic (exact) mass is 298 g/mol. The molecule has 1 unspecified atom stereocenters. The third-order valence-corrected chi connectivity index (χ3v) is 4.11. The first-order chi connectivity index (χ1) is 10.5. The Morgan fingerprint density at radius 3 is 2.91 bits per heavy atom. The number of amides is 1.